The first-order valence-corrected chi connectivity index (χ1v) is 11.0. The Balaban J connectivity index is 1.45. The van der Waals surface area contributed by atoms with E-state index in [1.165, 1.54) is 53.7 Å². The van der Waals surface area contributed by atoms with E-state index in [1.54, 1.807) is 4.90 Å². The minimum Gasteiger partial charge on any atom is -0.408 e. The topological polar surface area (TPSA) is 133 Å². The first kappa shape index (κ1) is 20.8. The molecule has 2 heterocycles. The number of carbonyl (C=O) groups excluding carboxylic acids is 2. The van der Waals surface area contributed by atoms with Crippen molar-refractivity contribution in [3.63, 3.8) is 0 Å². The van der Waals surface area contributed by atoms with Gasteiger partial charge >= 0.3 is 5.76 Å². The Morgan fingerprint density at radius 2 is 1.71 bits per heavy atom. The number of nitrogens with one attached hydrogen (secondary N) is 2. The zero-order valence-corrected chi connectivity index (χ0v) is 17.4. The second-order valence-corrected chi connectivity index (χ2v) is 9.05. The fraction of sp³-hybridized carbons (Fsp3) is 0.250. The first-order valence-electron chi connectivity index (χ1n) is 9.54. The smallest absolute Gasteiger partial charge is 0.408 e. The van der Waals surface area contributed by atoms with Gasteiger partial charge in [0.05, 0.1) is 10.4 Å². The van der Waals surface area contributed by atoms with Crippen LogP contribution < -0.4 is 11.1 Å². The number of fused-ring (bicyclic) bond motifs is 1. The quantitative estimate of drug-likeness (QED) is 0.622. The summed E-state index contributed by atoms with van der Waals surface area (Å²) in [7, 11) is -3.69. The van der Waals surface area contributed by atoms with Gasteiger partial charge in [-0.2, -0.15) is 4.31 Å². The molecule has 1 saturated heterocycles. The number of aromatic nitrogens is 1. The summed E-state index contributed by atoms with van der Waals surface area (Å²) in [5.74, 6) is -1.10. The molecule has 0 atom stereocenters. The van der Waals surface area contributed by atoms with Gasteiger partial charge < -0.3 is 14.6 Å². The molecule has 10 nitrogen and oxygen atoms in total. The van der Waals surface area contributed by atoms with Gasteiger partial charge in [0.15, 0.2) is 5.58 Å². The van der Waals surface area contributed by atoms with Crippen molar-refractivity contribution in [1.82, 2.24) is 14.2 Å². The number of nitrogens with zero attached hydrogens (tertiary/aromatic N) is 2. The van der Waals surface area contributed by atoms with Crippen molar-refractivity contribution < 1.29 is 22.4 Å². The Morgan fingerprint density at radius 3 is 2.35 bits per heavy atom. The zero-order valence-electron chi connectivity index (χ0n) is 16.6. The second kappa shape index (κ2) is 8.00. The van der Waals surface area contributed by atoms with E-state index in [4.69, 9.17) is 4.42 Å². The molecule has 2 amide bonds. The molecule has 0 radical (unpaired) electrons. The normalized spacial score (nSPS) is 15.2. The third-order valence-corrected chi connectivity index (χ3v) is 7.03. The molecule has 1 fully saturated rings. The number of sulfonamides is 1. The molecule has 31 heavy (non-hydrogen) atoms. The number of rotatable bonds is 4. The summed E-state index contributed by atoms with van der Waals surface area (Å²) in [6, 6.07) is 10.4. The van der Waals surface area contributed by atoms with Gasteiger partial charge in [-0.1, -0.05) is 0 Å². The lowest BCUT2D eigenvalue weighted by Crippen LogP contribution is -2.49. The summed E-state index contributed by atoms with van der Waals surface area (Å²) >= 11 is 0. The van der Waals surface area contributed by atoms with E-state index >= 15 is 0 Å². The van der Waals surface area contributed by atoms with Gasteiger partial charge in [0.2, 0.25) is 15.9 Å². The molecule has 11 heteroatoms. The van der Waals surface area contributed by atoms with Gasteiger partial charge in [0.1, 0.15) is 0 Å². The number of anilines is 1. The Labute approximate surface area is 177 Å². The third kappa shape index (κ3) is 4.23. The number of amides is 2. The third-order valence-electron chi connectivity index (χ3n) is 5.12. The highest BCUT2D eigenvalue weighted by atomic mass is 32.2. The Bertz CT molecular complexity index is 1300. The highest BCUT2D eigenvalue weighted by Gasteiger charge is 2.29. The zero-order chi connectivity index (χ0) is 22.2. The molecule has 0 unspecified atom stereocenters. The number of H-pyrrole nitrogens is 1. The van der Waals surface area contributed by atoms with E-state index < -0.39 is 21.7 Å². The van der Waals surface area contributed by atoms with Gasteiger partial charge in [0.25, 0.3) is 5.91 Å². The molecule has 1 aromatic heterocycles. The monoisotopic (exact) mass is 444 g/mol. The summed E-state index contributed by atoms with van der Waals surface area (Å²) in [6.45, 7) is 2.64. The summed E-state index contributed by atoms with van der Waals surface area (Å²) in [6.07, 6.45) is 0. The van der Waals surface area contributed by atoms with Crippen LogP contribution in [0.5, 0.6) is 0 Å². The van der Waals surface area contributed by atoms with E-state index in [9.17, 15) is 22.8 Å². The van der Waals surface area contributed by atoms with E-state index in [0.29, 0.717) is 35.4 Å². The Morgan fingerprint density at radius 1 is 1.03 bits per heavy atom. The molecule has 162 valence electrons. The van der Waals surface area contributed by atoms with Gasteiger partial charge in [-0.3, -0.25) is 14.6 Å². The molecule has 0 spiro atoms. The first-order chi connectivity index (χ1) is 14.7. The van der Waals surface area contributed by atoms with Crippen LogP contribution in [0, 0.1) is 0 Å². The fourth-order valence-corrected chi connectivity index (χ4v) is 4.82. The number of carbonyl (C=O) groups is 2. The summed E-state index contributed by atoms with van der Waals surface area (Å²) < 4.78 is 31.9. The molecule has 1 aliphatic rings. The molecule has 4 rings (SSSR count). The van der Waals surface area contributed by atoms with Crippen LogP contribution in [0.15, 0.2) is 56.6 Å². The SMILES string of the molecule is CC(=O)N1CCN(S(=O)(=O)c2ccc(NC(=O)c3ccc4oc(=O)[nH]c4c3)cc2)CC1. The lowest BCUT2D eigenvalue weighted by molar-refractivity contribution is -0.129. The summed E-state index contributed by atoms with van der Waals surface area (Å²) in [5.41, 5.74) is 1.49. The van der Waals surface area contributed by atoms with Crippen LogP contribution in [0.1, 0.15) is 17.3 Å². The molecular formula is C20H20N4O6S. The van der Waals surface area contributed by atoms with Crippen LogP contribution in [-0.4, -0.2) is 60.6 Å². The van der Waals surface area contributed by atoms with Crippen molar-refractivity contribution in [3.8, 4) is 0 Å². The van der Waals surface area contributed by atoms with Crippen LogP contribution >= 0.6 is 0 Å². The minimum absolute atomic E-state index is 0.0737. The van der Waals surface area contributed by atoms with Crippen molar-refractivity contribution in [2.24, 2.45) is 0 Å². The molecule has 0 saturated carbocycles. The minimum atomic E-state index is -3.69. The number of piperazine rings is 1. The van der Waals surface area contributed by atoms with E-state index in [1.807, 2.05) is 0 Å². The van der Waals surface area contributed by atoms with Gasteiger partial charge in [-0.05, 0) is 42.5 Å². The second-order valence-electron chi connectivity index (χ2n) is 7.11. The maximum Gasteiger partial charge on any atom is 0.417 e. The van der Waals surface area contributed by atoms with Crippen LogP contribution in [0.4, 0.5) is 5.69 Å². The van der Waals surface area contributed by atoms with Crippen LogP contribution in [-0.2, 0) is 14.8 Å². The highest BCUT2D eigenvalue weighted by molar-refractivity contribution is 7.89. The maximum atomic E-state index is 12.8. The lowest BCUT2D eigenvalue weighted by Gasteiger charge is -2.33. The molecule has 3 aromatic rings. The fourth-order valence-electron chi connectivity index (χ4n) is 3.40. The van der Waals surface area contributed by atoms with Crippen LogP contribution in [0.25, 0.3) is 11.1 Å². The van der Waals surface area contributed by atoms with E-state index in [0.717, 1.165) is 0 Å². The van der Waals surface area contributed by atoms with Gasteiger partial charge in [0, 0.05) is 44.4 Å². The number of aromatic amines is 1. The number of oxazole rings is 1. The van der Waals surface area contributed by atoms with Gasteiger partial charge in [-0.25, -0.2) is 13.2 Å². The highest BCUT2D eigenvalue weighted by Crippen LogP contribution is 2.21. The molecular weight excluding hydrogens is 424 g/mol. The average Bonchev–Trinajstić information content (AvgIpc) is 3.13. The molecule has 0 bridgehead atoms. The van der Waals surface area contributed by atoms with Crippen molar-refractivity contribution in [1.29, 1.82) is 0 Å². The van der Waals surface area contributed by atoms with E-state index in [2.05, 4.69) is 10.3 Å². The molecule has 0 aliphatic carbocycles. The summed E-state index contributed by atoms with van der Waals surface area (Å²) in [5, 5.41) is 2.69. The Hall–Kier alpha value is -3.44. The Kier molecular flexibility index (Phi) is 5.38. The van der Waals surface area contributed by atoms with E-state index in [-0.39, 0.29) is 23.9 Å². The van der Waals surface area contributed by atoms with Crippen molar-refractivity contribution in [2.75, 3.05) is 31.5 Å². The predicted octanol–water partition coefficient (Wildman–Crippen LogP) is 1.23. The van der Waals surface area contributed by atoms with Gasteiger partial charge in [-0.15, -0.1) is 0 Å². The van der Waals surface area contributed by atoms with Crippen molar-refractivity contribution >= 4 is 38.6 Å². The molecule has 2 N–H and O–H groups in total. The van der Waals surface area contributed by atoms with Crippen LogP contribution in [0.3, 0.4) is 0 Å². The molecule has 2 aromatic carbocycles. The number of hydrogen-bond donors (Lipinski definition) is 2. The molecule has 1 aliphatic heterocycles. The summed E-state index contributed by atoms with van der Waals surface area (Å²) in [4.78, 5) is 39.4. The number of benzene rings is 2. The van der Waals surface area contributed by atoms with Crippen molar-refractivity contribution in [2.45, 2.75) is 11.8 Å². The maximum absolute atomic E-state index is 12.8. The van der Waals surface area contributed by atoms with Crippen molar-refractivity contribution in [3.05, 3.63) is 58.6 Å². The predicted molar refractivity (Wildman–Crippen MR) is 112 cm³/mol. The van der Waals surface area contributed by atoms with Crippen LogP contribution in [0.2, 0.25) is 0 Å². The number of hydrogen-bond acceptors (Lipinski definition) is 6. The average molecular weight is 444 g/mol. The standard InChI is InChI=1S/C20H20N4O6S/c1-13(25)23-8-10-24(11-9-23)31(28,29)16-5-3-15(4-6-16)21-19(26)14-2-7-18-17(12-14)22-20(27)30-18/h2-7,12H,8-11H2,1H3,(H,21,26)(H,22,27). The largest absolute Gasteiger partial charge is 0.417 e. The lowest BCUT2D eigenvalue weighted by atomic mass is 10.2.